The van der Waals surface area contributed by atoms with Gasteiger partial charge in [0.15, 0.2) is 0 Å². The lowest BCUT2D eigenvalue weighted by molar-refractivity contribution is 0.187. The van der Waals surface area contributed by atoms with Crippen molar-refractivity contribution in [2.45, 2.75) is 45.2 Å². The molecule has 7 heteroatoms. The molecule has 1 saturated carbocycles. The average Bonchev–Trinajstić information content (AvgIpc) is 3.33. The Labute approximate surface area is 170 Å². The van der Waals surface area contributed by atoms with Gasteiger partial charge in [0.1, 0.15) is 11.6 Å². The van der Waals surface area contributed by atoms with E-state index in [-0.39, 0.29) is 11.7 Å². The minimum Gasteiger partial charge on any atom is -0.497 e. The van der Waals surface area contributed by atoms with Gasteiger partial charge in [0, 0.05) is 24.9 Å². The largest absolute Gasteiger partial charge is 0.497 e. The molecule has 1 aromatic carbocycles. The number of anilines is 2. The fraction of sp³-hybridized carbons (Fsp3) is 0.455. The third-order valence-electron chi connectivity index (χ3n) is 5.75. The molecule has 3 aromatic rings. The van der Waals surface area contributed by atoms with Gasteiger partial charge in [0.25, 0.3) is 0 Å². The second kappa shape index (κ2) is 8.29. The maximum Gasteiger partial charge on any atom is 0.329 e. The predicted octanol–water partition coefficient (Wildman–Crippen LogP) is 4.02. The lowest BCUT2D eigenvalue weighted by Crippen LogP contribution is -2.27. The number of benzene rings is 1. The molecule has 0 spiro atoms. The van der Waals surface area contributed by atoms with Gasteiger partial charge in [-0.2, -0.15) is 0 Å². The van der Waals surface area contributed by atoms with E-state index in [0.29, 0.717) is 13.2 Å². The van der Waals surface area contributed by atoms with Gasteiger partial charge in [-0.1, -0.05) is 12.8 Å². The van der Waals surface area contributed by atoms with Gasteiger partial charge >= 0.3 is 5.69 Å². The number of nitrogens with zero attached hydrogens (tertiary/aromatic N) is 3. The van der Waals surface area contributed by atoms with Crippen molar-refractivity contribution in [1.82, 2.24) is 14.1 Å². The molecule has 1 aliphatic rings. The number of hydrogen-bond donors (Lipinski definition) is 1. The first-order valence-corrected chi connectivity index (χ1v) is 10.1. The van der Waals surface area contributed by atoms with Gasteiger partial charge in [0.05, 0.1) is 37.5 Å². The van der Waals surface area contributed by atoms with Gasteiger partial charge in [0.2, 0.25) is 0 Å². The number of ether oxygens (including phenoxy) is 2. The van der Waals surface area contributed by atoms with Crippen molar-refractivity contribution in [3.05, 3.63) is 46.5 Å². The molecular weight excluding hydrogens is 368 g/mol. The average molecular weight is 396 g/mol. The summed E-state index contributed by atoms with van der Waals surface area (Å²) in [6.07, 6.45) is 6.23. The van der Waals surface area contributed by atoms with Crippen LogP contribution in [0.2, 0.25) is 0 Å². The van der Waals surface area contributed by atoms with Crippen molar-refractivity contribution in [2.24, 2.45) is 0 Å². The summed E-state index contributed by atoms with van der Waals surface area (Å²) < 4.78 is 14.2. The Balaban J connectivity index is 1.76. The van der Waals surface area contributed by atoms with Crippen LogP contribution in [-0.2, 0) is 11.3 Å². The van der Waals surface area contributed by atoms with Crippen molar-refractivity contribution in [3.63, 3.8) is 0 Å². The number of pyridine rings is 1. The van der Waals surface area contributed by atoms with Crippen LogP contribution < -0.4 is 15.7 Å². The van der Waals surface area contributed by atoms with Crippen LogP contribution in [-0.4, -0.2) is 34.9 Å². The van der Waals surface area contributed by atoms with Crippen molar-refractivity contribution in [3.8, 4) is 5.75 Å². The predicted molar refractivity (Wildman–Crippen MR) is 114 cm³/mol. The van der Waals surface area contributed by atoms with Crippen molar-refractivity contribution in [1.29, 1.82) is 0 Å². The Morgan fingerprint density at radius 2 is 1.97 bits per heavy atom. The zero-order valence-corrected chi connectivity index (χ0v) is 17.3. The molecule has 0 saturated heterocycles. The highest BCUT2D eigenvalue weighted by Crippen LogP contribution is 2.32. The van der Waals surface area contributed by atoms with Gasteiger partial charge < -0.3 is 14.8 Å². The zero-order chi connectivity index (χ0) is 20.4. The molecule has 4 rings (SSSR count). The second-order valence-corrected chi connectivity index (χ2v) is 7.60. The van der Waals surface area contributed by atoms with E-state index >= 15 is 0 Å². The first kappa shape index (κ1) is 19.5. The molecular formula is C22H28N4O3. The number of nitrogens with one attached hydrogen (secondary N) is 1. The van der Waals surface area contributed by atoms with Crippen LogP contribution in [0.5, 0.6) is 5.75 Å². The van der Waals surface area contributed by atoms with Crippen molar-refractivity contribution < 1.29 is 9.47 Å². The standard InChI is InChI=1S/C22H28N4O3/c1-15-12-17(29-3)8-9-18(15)24-21-13-19-20(14-23-21)25(10-11-28-2)22(27)26(19)16-6-4-5-7-16/h8-9,12-14,16H,4-7,10-11H2,1-3H3,(H,23,24). The van der Waals surface area contributed by atoms with E-state index in [1.54, 1.807) is 25.0 Å². The van der Waals surface area contributed by atoms with E-state index in [2.05, 4.69) is 10.3 Å². The van der Waals surface area contributed by atoms with E-state index in [1.807, 2.05) is 35.8 Å². The van der Waals surface area contributed by atoms with Crippen LogP contribution in [0.4, 0.5) is 11.5 Å². The lowest BCUT2D eigenvalue weighted by atomic mass is 10.2. The lowest BCUT2D eigenvalue weighted by Gasteiger charge is -2.13. The minimum absolute atomic E-state index is 0.0310. The first-order chi connectivity index (χ1) is 14.1. The Morgan fingerprint density at radius 3 is 2.66 bits per heavy atom. The highest BCUT2D eigenvalue weighted by molar-refractivity contribution is 5.79. The second-order valence-electron chi connectivity index (χ2n) is 7.60. The molecule has 2 aromatic heterocycles. The fourth-order valence-electron chi connectivity index (χ4n) is 4.20. The Hall–Kier alpha value is -2.80. The number of rotatable bonds is 7. The summed E-state index contributed by atoms with van der Waals surface area (Å²) >= 11 is 0. The summed E-state index contributed by atoms with van der Waals surface area (Å²) in [4.78, 5) is 17.8. The molecule has 0 unspecified atom stereocenters. The maximum absolute atomic E-state index is 13.2. The summed E-state index contributed by atoms with van der Waals surface area (Å²) in [6.45, 7) is 3.05. The normalized spacial score (nSPS) is 14.6. The summed E-state index contributed by atoms with van der Waals surface area (Å²) in [5.41, 5.74) is 3.85. The summed E-state index contributed by atoms with van der Waals surface area (Å²) in [6, 6.07) is 8.13. The molecule has 7 nitrogen and oxygen atoms in total. The number of hydrogen-bond acceptors (Lipinski definition) is 5. The molecule has 2 heterocycles. The van der Waals surface area contributed by atoms with Gasteiger partial charge in [-0.15, -0.1) is 0 Å². The molecule has 154 valence electrons. The van der Waals surface area contributed by atoms with Crippen LogP contribution in [0.25, 0.3) is 11.0 Å². The Kier molecular flexibility index (Phi) is 5.58. The topological polar surface area (TPSA) is 70.3 Å². The fourth-order valence-corrected chi connectivity index (χ4v) is 4.20. The SMILES string of the molecule is COCCn1c(=O)n(C2CCCC2)c2cc(Nc3ccc(OC)cc3C)ncc21. The Bertz CT molecular complexity index is 1060. The quantitative estimate of drug-likeness (QED) is 0.653. The van der Waals surface area contributed by atoms with Crippen LogP contribution in [0, 0.1) is 6.92 Å². The number of aryl methyl sites for hydroxylation is 1. The zero-order valence-electron chi connectivity index (χ0n) is 17.3. The van der Waals surface area contributed by atoms with Gasteiger partial charge in [-0.25, -0.2) is 9.78 Å². The summed E-state index contributed by atoms with van der Waals surface area (Å²) in [7, 11) is 3.31. The van der Waals surface area contributed by atoms with E-state index in [4.69, 9.17) is 9.47 Å². The maximum atomic E-state index is 13.2. The summed E-state index contributed by atoms with van der Waals surface area (Å²) in [5.74, 6) is 1.54. The van der Waals surface area contributed by atoms with E-state index in [9.17, 15) is 4.79 Å². The van der Waals surface area contributed by atoms with E-state index in [1.165, 1.54) is 12.8 Å². The molecule has 0 aliphatic heterocycles. The molecule has 0 radical (unpaired) electrons. The van der Waals surface area contributed by atoms with Crippen LogP contribution in [0.3, 0.4) is 0 Å². The summed E-state index contributed by atoms with van der Waals surface area (Å²) in [5, 5.41) is 3.39. The monoisotopic (exact) mass is 396 g/mol. The molecule has 29 heavy (non-hydrogen) atoms. The minimum atomic E-state index is 0.0310. The molecule has 1 N–H and O–H groups in total. The number of methoxy groups -OCH3 is 2. The highest BCUT2D eigenvalue weighted by Gasteiger charge is 2.24. The van der Waals surface area contributed by atoms with Crippen LogP contribution in [0.15, 0.2) is 35.3 Å². The molecule has 0 amide bonds. The molecule has 0 bridgehead atoms. The van der Waals surface area contributed by atoms with Crippen LogP contribution >= 0.6 is 0 Å². The van der Waals surface area contributed by atoms with E-state index < -0.39 is 0 Å². The number of aromatic nitrogens is 3. The van der Waals surface area contributed by atoms with Gasteiger partial charge in [-0.3, -0.25) is 9.13 Å². The molecule has 1 aliphatic carbocycles. The first-order valence-electron chi connectivity index (χ1n) is 10.1. The Morgan fingerprint density at radius 1 is 1.17 bits per heavy atom. The van der Waals surface area contributed by atoms with Crippen molar-refractivity contribution in [2.75, 3.05) is 26.1 Å². The third-order valence-corrected chi connectivity index (χ3v) is 5.75. The third kappa shape index (κ3) is 3.74. The highest BCUT2D eigenvalue weighted by atomic mass is 16.5. The number of imidazole rings is 1. The van der Waals surface area contributed by atoms with Crippen LogP contribution in [0.1, 0.15) is 37.3 Å². The van der Waals surface area contributed by atoms with E-state index in [0.717, 1.165) is 46.7 Å². The van der Waals surface area contributed by atoms with Gasteiger partial charge in [-0.05, 0) is 43.5 Å². The molecule has 0 atom stereocenters. The number of fused-ring (bicyclic) bond motifs is 1. The smallest absolute Gasteiger partial charge is 0.329 e. The van der Waals surface area contributed by atoms with Crippen molar-refractivity contribution >= 4 is 22.5 Å². The molecule has 1 fully saturated rings.